The molecule has 1 aromatic rings. The maximum atomic E-state index is 13.2. The SMILES string of the molecule is CCCc1ccc(S(=O)(=O)N2CCCC(C3(C(N)=O)CCCCC3)C2)cc1. The lowest BCUT2D eigenvalue weighted by Gasteiger charge is -2.45. The summed E-state index contributed by atoms with van der Waals surface area (Å²) >= 11 is 0. The summed E-state index contributed by atoms with van der Waals surface area (Å²) in [5.41, 5.74) is 6.46. The molecule has 0 spiro atoms. The Morgan fingerprint density at radius 3 is 2.41 bits per heavy atom. The Morgan fingerprint density at radius 2 is 1.81 bits per heavy atom. The van der Waals surface area contributed by atoms with Crippen LogP contribution in [0.5, 0.6) is 0 Å². The van der Waals surface area contributed by atoms with Gasteiger partial charge >= 0.3 is 0 Å². The van der Waals surface area contributed by atoms with Crippen molar-refractivity contribution in [1.82, 2.24) is 4.31 Å². The van der Waals surface area contributed by atoms with Gasteiger partial charge in [0, 0.05) is 13.1 Å². The van der Waals surface area contributed by atoms with Crippen LogP contribution in [0.2, 0.25) is 0 Å². The fourth-order valence-electron chi connectivity index (χ4n) is 4.92. The van der Waals surface area contributed by atoms with Gasteiger partial charge in [-0.15, -0.1) is 0 Å². The third kappa shape index (κ3) is 4.06. The van der Waals surface area contributed by atoms with Crippen molar-refractivity contribution in [2.45, 2.75) is 69.6 Å². The molecule has 0 radical (unpaired) electrons. The zero-order valence-corrected chi connectivity index (χ0v) is 17.1. The highest BCUT2D eigenvalue weighted by Crippen LogP contribution is 2.46. The Hall–Kier alpha value is -1.40. The third-order valence-corrected chi connectivity index (χ3v) is 8.38. The minimum absolute atomic E-state index is 0.0261. The maximum Gasteiger partial charge on any atom is 0.243 e. The summed E-state index contributed by atoms with van der Waals surface area (Å²) in [6.07, 6.45) is 8.39. The summed E-state index contributed by atoms with van der Waals surface area (Å²) in [5.74, 6) is -0.214. The molecule has 6 heteroatoms. The number of hydrogen-bond donors (Lipinski definition) is 1. The van der Waals surface area contributed by atoms with Crippen LogP contribution >= 0.6 is 0 Å². The monoisotopic (exact) mass is 392 g/mol. The summed E-state index contributed by atoms with van der Waals surface area (Å²) in [6.45, 7) is 3.03. The maximum absolute atomic E-state index is 13.2. The van der Waals surface area contributed by atoms with E-state index in [1.54, 1.807) is 16.4 Å². The van der Waals surface area contributed by atoms with Crippen molar-refractivity contribution in [2.24, 2.45) is 17.1 Å². The van der Waals surface area contributed by atoms with Gasteiger partial charge in [-0.05, 0) is 55.7 Å². The molecular formula is C21H32N2O3S. The smallest absolute Gasteiger partial charge is 0.243 e. The molecule has 0 bridgehead atoms. The van der Waals surface area contributed by atoms with E-state index in [9.17, 15) is 13.2 Å². The molecule has 3 rings (SSSR count). The first-order valence-electron chi connectivity index (χ1n) is 10.3. The zero-order chi connectivity index (χ0) is 19.5. The van der Waals surface area contributed by atoms with Gasteiger partial charge in [0.15, 0.2) is 0 Å². The topological polar surface area (TPSA) is 80.5 Å². The van der Waals surface area contributed by atoms with Crippen LogP contribution in [0.25, 0.3) is 0 Å². The molecule has 1 heterocycles. The highest BCUT2D eigenvalue weighted by Gasteiger charge is 2.47. The van der Waals surface area contributed by atoms with Crippen LogP contribution in [0.4, 0.5) is 0 Å². The van der Waals surface area contributed by atoms with E-state index in [0.29, 0.717) is 18.0 Å². The van der Waals surface area contributed by atoms with Gasteiger partial charge in [0.1, 0.15) is 0 Å². The molecule has 1 aromatic carbocycles. The molecule has 150 valence electrons. The quantitative estimate of drug-likeness (QED) is 0.805. The van der Waals surface area contributed by atoms with E-state index in [0.717, 1.165) is 63.4 Å². The molecule has 1 aliphatic carbocycles. The minimum Gasteiger partial charge on any atom is -0.369 e. The number of rotatable bonds is 6. The van der Waals surface area contributed by atoms with Crippen LogP contribution in [0.1, 0.15) is 63.9 Å². The van der Waals surface area contributed by atoms with E-state index in [4.69, 9.17) is 5.73 Å². The molecule has 1 saturated carbocycles. The summed E-state index contributed by atoms with van der Waals surface area (Å²) in [7, 11) is -3.54. The number of amides is 1. The number of sulfonamides is 1. The largest absolute Gasteiger partial charge is 0.369 e. The second-order valence-electron chi connectivity index (χ2n) is 8.18. The Balaban J connectivity index is 1.81. The van der Waals surface area contributed by atoms with E-state index < -0.39 is 15.4 Å². The van der Waals surface area contributed by atoms with Gasteiger partial charge < -0.3 is 5.73 Å². The van der Waals surface area contributed by atoms with Crippen molar-refractivity contribution in [3.63, 3.8) is 0 Å². The van der Waals surface area contributed by atoms with E-state index >= 15 is 0 Å². The fraction of sp³-hybridized carbons (Fsp3) is 0.667. The van der Waals surface area contributed by atoms with Crippen molar-refractivity contribution >= 4 is 15.9 Å². The van der Waals surface area contributed by atoms with Crippen molar-refractivity contribution in [3.05, 3.63) is 29.8 Å². The standard InChI is InChI=1S/C21H32N2O3S/c1-2-7-17-9-11-19(12-10-17)27(25,26)23-15-6-8-18(16-23)21(20(22)24)13-4-3-5-14-21/h9-12,18H,2-8,13-16H2,1H3,(H2,22,24). The number of benzene rings is 1. The van der Waals surface area contributed by atoms with Gasteiger partial charge in [-0.3, -0.25) is 4.79 Å². The van der Waals surface area contributed by atoms with Gasteiger partial charge in [0.2, 0.25) is 15.9 Å². The average Bonchev–Trinajstić information content (AvgIpc) is 2.69. The number of carbonyl (C=O) groups excluding carboxylic acids is 1. The number of aryl methyl sites for hydroxylation is 1. The lowest BCUT2D eigenvalue weighted by molar-refractivity contribution is -0.134. The predicted molar refractivity (Wildman–Crippen MR) is 107 cm³/mol. The summed E-state index contributed by atoms with van der Waals surface area (Å²) < 4.78 is 27.9. The summed E-state index contributed by atoms with van der Waals surface area (Å²) in [6, 6.07) is 7.25. The Morgan fingerprint density at radius 1 is 1.15 bits per heavy atom. The van der Waals surface area contributed by atoms with Crippen LogP contribution < -0.4 is 5.73 Å². The molecule has 2 aliphatic rings. The highest BCUT2D eigenvalue weighted by molar-refractivity contribution is 7.89. The summed E-state index contributed by atoms with van der Waals surface area (Å²) in [5, 5.41) is 0. The molecule has 2 fully saturated rings. The first kappa shape index (κ1) is 20.3. The van der Waals surface area contributed by atoms with E-state index in [1.165, 1.54) is 0 Å². The molecule has 1 aliphatic heterocycles. The number of carbonyl (C=O) groups is 1. The van der Waals surface area contributed by atoms with E-state index in [2.05, 4.69) is 6.92 Å². The van der Waals surface area contributed by atoms with Gasteiger partial charge in [-0.2, -0.15) is 4.31 Å². The van der Waals surface area contributed by atoms with Crippen molar-refractivity contribution < 1.29 is 13.2 Å². The lowest BCUT2D eigenvalue weighted by Crippen LogP contribution is -2.52. The second kappa shape index (κ2) is 8.31. The number of primary amides is 1. The average molecular weight is 393 g/mol. The number of hydrogen-bond acceptors (Lipinski definition) is 3. The van der Waals surface area contributed by atoms with Crippen LogP contribution in [0.15, 0.2) is 29.2 Å². The molecule has 5 nitrogen and oxygen atoms in total. The first-order chi connectivity index (χ1) is 12.9. The van der Waals surface area contributed by atoms with Gasteiger partial charge in [0.25, 0.3) is 0 Å². The Labute approximate surface area is 163 Å². The van der Waals surface area contributed by atoms with Crippen LogP contribution in [-0.2, 0) is 21.2 Å². The first-order valence-corrected chi connectivity index (χ1v) is 11.7. The Kier molecular flexibility index (Phi) is 6.26. The van der Waals surface area contributed by atoms with Crippen molar-refractivity contribution in [1.29, 1.82) is 0 Å². The van der Waals surface area contributed by atoms with Crippen LogP contribution in [-0.4, -0.2) is 31.7 Å². The molecule has 2 N–H and O–H groups in total. The fourth-order valence-corrected chi connectivity index (χ4v) is 6.44. The molecule has 1 saturated heterocycles. The van der Waals surface area contributed by atoms with Crippen LogP contribution in [0, 0.1) is 11.3 Å². The van der Waals surface area contributed by atoms with Gasteiger partial charge in [0.05, 0.1) is 10.3 Å². The highest BCUT2D eigenvalue weighted by atomic mass is 32.2. The Bertz CT molecular complexity index is 752. The normalized spacial score (nSPS) is 23.8. The number of piperidine rings is 1. The molecule has 1 unspecified atom stereocenters. The minimum atomic E-state index is -3.54. The third-order valence-electron chi connectivity index (χ3n) is 6.50. The molecule has 27 heavy (non-hydrogen) atoms. The molecule has 0 aromatic heterocycles. The number of nitrogens with two attached hydrogens (primary N) is 1. The van der Waals surface area contributed by atoms with E-state index in [-0.39, 0.29) is 11.8 Å². The molecule has 1 atom stereocenters. The molecular weight excluding hydrogens is 360 g/mol. The van der Waals surface area contributed by atoms with Crippen molar-refractivity contribution in [2.75, 3.05) is 13.1 Å². The number of nitrogens with zero attached hydrogens (tertiary/aromatic N) is 1. The zero-order valence-electron chi connectivity index (χ0n) is 16.3. The molecule has 1 amide bonds. The van der Waals surface area contributed by atoms with Crippen LogP contribution in [0.3, 0.4) is 0 Å². The van der Waals surface area contributed by atoms with Gasteiger partial charge in [-0.1, -0.05) is 44.7 Å². The van der Waals surface area contributed by atoms with Crippen molar-refractivity contribution in [3.8, 4) is 0 Å². The lowest BCUT2D eigenvalue weighted by atomic mass is 9.63. The predicted octanol–water partition coefficient (Wildman–Crippen LogP) is 3.48. The van der Waals surface area contributed by atoms with E-state index in [1.807, 2.05) is 12.1 Å². The van der Waals surface area contributed by atoms with Gasteiger partial charge in [-0.25, -0.2) is 8.42 Å². The summed E-state index contributed by atoms with van der Waals surface area (Å²) in [4.78, 5) is 12.7. The second-order valence-corrected chi connectivity index (χ2v) is 10.1.